The first kappa shape index (κ1) is 8.67. The highest BCUT2D eigenvalue weighted by molar-refractivity contribution is 7.71. The zero-order chi connectivity index (χ0) is 10.3. The quantitative estimate of drug-likeness (QED) is 0.722. The van der Waals surface area contributed by atoms with Gasteiger partial charge >= 0.3 is 0 Å². The molecule has 0 spiro atoms. The van der Waals surface area contributed by atoms with E-state index in [0.29, 0.717) is 4.77 Å². The minimum Gasteiger partial charge on any atom is -0.493 e. The van der Waals surface area contributed by atoms with Crippen molar-refractivity contribution in [3.05, 3.63) is 28.5 Å². The van der Waals surface area contributed by atoms with E-state index in [2.05, 4.69) is 21.2 Å². The molecule has 0 bridgehead atoms. The first-order valence-electron chi connectivity index (χ1n) is 4.74. The van der Waals surface area contributed by atoms with Crippen LogP contribution in [-0.2, 0) is 6.42 Å². The molecule has 0 amide bonds. The summed E-state index contributed by atoms with van der Waals surface area (Å²) in [5.41, 5.74) is 2.27. The highest BCUT2D eigenvalue weighted by Gasteiger charge is 2.13. The number of aromatic nitrogens is 3. The van der Waals surface area contributed by atoms with Crippen LogP contribution < -0.4 is 4.74 Å². The molecule has 0 radical (unpaired) electrons. The Bertz CT molecular complexity index is 558. The molecule has 4 nitrogen and oxygen atoms in total. The standard InChI is InChI=1S/C10H9N3OS/c15-10-11-9(12-13-10)7-1-2-8-6(5-7)3-4-14-8/h1-2,5H,3-4H2,(H2,11,12,13,15). The summed E-state index contributed by atoms with van der Waals surface area (Å²) >= 11 is 4.91. The average molecular weight is 219 g/mol. The Labute approximate surface area is 91.3 Å². The maximum absolute atomic E-state index is 5.44. The summed E-state index contributed by atoms with van der Waals surface area (Å²) in [5.74, 6) is 1.75. The van der Waals surface area contributed by atoms with Gasteiger partial charge in [-0.3, -0.25) is 10.2 Å². The monoisotopic (exact) mass is 219 g/mol. The fourth-order valence-corrected chi connectivity index (χ4v) is 1.88. The minimum atomic E-state index is 0.474. The van der Waals surface area contributed by atoms with Gasteiger partial charge < -0.3 is 4.74 Å². The van der Waals surface area contributed by atoms with Gasteiger partial charge in [0.05, 0.1) is 6.61 Å². The number of aromatic amines is 2. The molecule has 0 fully saturated rings. The third-order valence-corrected chi connectivity index (χ3v) is 2.66. The summed E-state index contributed by atoms with van der Waals surface area (Å²) in [4.78, 5) is 4.17. The Balaban J connectivity index is 2.10. The number of ether oxygens (including phenoxy) is 1. The van der Waals surface area contributed by atoms with Gasteiger partial charge in [0.15, 0.2) is 5.82 Å². The van der Waals surface area contributed by atoms with Gasteiger partial charge in [0.1, 0.15) is 5.75 Å². The molecular formula is C10H9N3OS. The summed E-state index contributed by atoms with van der Waals surface area (Å²) < 4.78 is 5.91. The van der Waals surface area contributed by atoms with Crippen LogP contribution in [0.4, 0.5) is 0 Å². The average Bonchev–Trinajstić information content (AvgIpc) is 2.84. The van der Waals surface area contributed by atoms with Crippen LogP contribution in [0.5, 0.6) is 5.75 Å². The highest BCUT2D eigenvalue weighted by Crippen LogP contribution is 2.28. The van der Waals surface area contributed by atoms with E-state index < -0.39 is 0 Å². The summed E-state index contributed by atoms with van der Waals surface area (Å²) in [6.07, 6.45) is 0.967. The zero-order valence-corrected chi connectivity index (χ0v) is 8.73. The van der Waals surface area contributed by atoms with Gasteiger partial charge in [-0.2, -0.15) is 4.98 Å². The van der Waals surface area contributed by atoms with E-state index in [1.165, 1.54) is 5.56 Å². The van der Waals surface area contributed by atoms with Crippen LogP contribution in [-0.4, -0.2) is 21.8 Å². The normalized spacial score (nSPS) is 13.6. The van der Waals surface area contributed by atoms with Crippen LogP contribution >= 0.6 is 12.2 Å². The predicted octanol–water partition coefficient (Wildman–Crippen LogP) is 2.07. The molecule has 0 saturated carbocycles. The van der Waals surface area contributed by atoms with E-state index >= 15 is 0 Å². The van der Waals surface area contributed by atoms with Crippen LogP contribution in [0.25, 0.3) is 11.4 Å². The van der Waals surface area contributed by atoms with E-state index in [9.17, 15) is 0 Å². The molecule has 1 aromatic heterocycles. The van der Waals surface area contributed by atoms with Gasteiger partial charge in [-0.15, -0.1) is 0 Å². The Morgan fingerprint density at radius 3 is 3.07 bits per heavy atom. The number of rotatable bonds is 1. The van der Waals surface area contributed by atoms with E-state index in [-0.39, 0.29) is 0 Å². The zero-order valence-electron chi connectivity index (χ0n) is 7.91. The number of fused-ring (bicyclic) bond motifs is 1. The van der Waals surface area contributed by atoms with Crippen molar-refractivity contribution >= 4 is 12.2 Å². The number of nitrogens with zero attached hydrogens (tertiary/aromatic N) is 1. The fourth-order valence-electron chi connectivity index (χ4n) is 1.74. The number of hydrogen-bond donors (Lipinski definition) is 2. The Morgan fingerprint density at radius 1 is 1.33 bits per heavy atom. The number of H-pyrrole nitrogens is 2. The van der Waals surface area contributed by atoms with Crippen molar-refractivity contribution in [3.63, 3.8) is 0 Å². The lowest BCUT2D eigenvalue weighted by Crippen LogP contribution is -1.85. The second kappa shape index (κ2) is 3.20. The third-order valence-electron chi connectivity index (χ3n) is 2.46. The topological polar surface area (TPSA) is 53.7 Å². The first-order valence-corrected chi connectivity index (χ1v) is 5.14. The summed E-state index contributed by atoms with van der Waals surface area (Å²) in [6.45, 7) is 0.773. The molecule has 0 unspecified atom stereocenters. The molecule has 0 saturated heterocycles. The van der Waals surface area contributed by atoms with Crippen LogP contribution in [0.15, 0.2) is 18.2 Å². The molecule has 2 heterocycles. The van der Waals surface area contributed by atoms with E-state index in [0.717, 1.165) is 30.2 Å². The van der Waals surface area contributed by atoms with Crippen molar-refractivity contribution in [1.29, 1.82) is 0 Å². The SMILES string of the molecule is S=c1nc(-c2ccc3c(c2)CCO3)[nH][nH]1. The van der Waals surface area contributed by atoms with E-state index in [4.69, 9.17) is 17.0 Å². The van der Waals surface area contributed by atoms with Gasteiger partial charge in [-0.25, -0.2) is 0 Å². The van der Waals surface area contributed by atoms with Gasteiger partial charge in [0.2, 0.25) is 4.77 Å². The Morgan fingerprint density at radius 2 is 2.27 bits per heavy atom. The third kappa shape index (κ3) is 1.45. The number of hydrogen-bond acceptors (Lipinski definition) is 3. The smallest absolute Gasteiger partial charge is 0.213 e. The lowest BCUT2D eigenvalue weighted by atomic mass is 10.1. The lowest BCUT2D eigenvalue weighted by molar-refractivity contribution is 0.357. The fraction of sp³-hybridized carbons (Fsp3) is 0.200. The van der Waals surface area contributed by atoms with Crippen molar-refractivity contribution in [2.24, 2.45) is 0 Å². The lowest BCUT2D eigenvalue weighted by Gasteiger charge is -2.00. The van der Waals surface area contributed by atoms with Gasteiger partial charge in [-0.1, -0.05) is 0 Å². The maximum atomic E-state index is 5.44. The second-order valence-electron chi connectivity index (χ2n) is 3.44. The maximum Gasteiger partial charge on any atom is 0.213 e. The molecule has 1 aromatic carbocycles. The largest absolute Gasteiger partial charge is 0.493 e. The molecule has 1 aliphatic rings. The van der Waals surface area contributed by atoms with Crippen LogP contribution in [0.1, 0.15) is 5.56 Å². The molecular weight excluding hydrogens is 210 g/mol. The van der Waals surface area contributed by atoms with Crippen molar-refractivity contribution in [3.8, 4) is 17.1 Å². The molecule has 0 aliphatic carbocycles. The summed E-state index contributed by atoms with van der Waals surface area (Å²) in [5, 5.41) is 5.71. The number of nitrogens with one attached hydrogen (secondary N) is 2. The Kier molecular flexibility index (Phi) is 1.85. The predicted molar refractivity (Wildman–Crippen MR) is 58.4 cm³/mol. The molecule has 15 heavy (non-hydrogen) atoms. The van der Waals surface area contributed by atoms with Crippen molar-refractivity contribution in [2.45, 2.75) is 6.42 Å². The molecule has 76 valence electrons. The minimum absolute atomic E-state index is 0.474. The highest BCUT2D eigenvalue weighted by atomic mass is 32.1. The van der Waals surface area contributed by atoms with Crippen molar-refractivity contribution in [2.75, 3.05) is 6.61 Å². The summed E-state index contributed by atoms with van der Waals surface area (Å²) in [7, 11) is 0. The molecule has 3 rings (SSSR count). The van der Waals surface area contributed by atoms with E-state index in [1.807, 2.05) is 12.1 Å². The molecule has 2 aromatic rings. The molecule has 2 N–H and O–H groups in total. The summed E-state index contributed by atoms with van der Waals surface area (Å²) in [6, 6.07) is 6.04. The Hall–Kier alpha value is -1.62. The van der Waals surface area contributed by atoms with Gasteiger partial charge in [-0.05, 0) is 36.0 Å². The second-order valence-corrected chi connectivity index (χ2v) is 3.82. The van der Waals surface area contributed by atoms with Crippen molar-refractivity contribution in [1.82, 2.24) is 15.2 Å². The first-order chi connectivity index (χ1) is 7.33. The number of benzene rings is 1. The van der Waals surface area contributed by atoms with Gasteiger partial charge in [0.25, 0.3) is 0 Å². The van der Waals surface area contributed by atoms with Crippen LogP contribution in [0, 0.1) is 4.77 Å². The van der Waals surface area contributed by atoms with E-state index in [1.54, 1.807) is 0 Å². The van der Waals surface area contributed by atoms with Gasteiger partial charge in [0, 0.05) is 12.0 Å². The van der Waals surface area contributed by atoms with Crippen molar-refractivity contribution < 1.29 is 4.74 Å². The van der Waals surface area contributed by atoms with Crippen LogP contribution in [0.3, 0.4) is 0 Å². The molecule has 0 atom stereocenters. The molecule has 5 heteroatoms. The van der Waals surface area contributed by atoms with Crippen LogP contribution in [0.2, 0.25) is 0 Å². The molecule has 1 aliphatic heterocycles.